The normalized spacial score (nSPS) is 13.0. The highest BCUT2D eigenvalue weighted by atomic mass is 16.6. The molecule has 0 saturated heterocycles. The lowest BCUT2D eigenvalue weighted by atomic mass is 10.0. The molecule has 4 rings (SSSR count). The van der Waals surface area contributed by atoms with Gasteiger partial charge < -0.3 is 19.5 Å². The van der Waals surface area contributed by atoms with Crippen LogP contribution in [0.2, 0.25) is 0 Å². The van der Waals surface area contributed by atoms with E-state index in [0.717, 1.165) is 0 Å². The quantitative estimate of drug-likeness (QED) is 0.471. The van der Waals surface area contributed by atoms with Crippen LogP contribution >= 0.6 is 0 Å². The van der Waals surface area contributed by atoms with Crippen LogP contribution < -0.4 is 14.8 Å². The van der Waals surface area contributed by atoms with Crippen LogP contribution in [-0.2, 0) is 9.53 Å². The van der Waals surface area contributed by atoms with Crippen molar-refractivity contribution in [1.82, 2.24) is 0 Å². The van der Waals surface area contributed by atoms with Crippen molar-refractivity contribution in [2.75, 3.05) is 18.5 Å². The zero-order chi connectivity index (χ0) is 22.5. The van der Waals surface area contributed by atoms with Crippen molar-refractivity contribution >= 4 is 23.3 Å². The molecular weight excluding hydrogens is 410 g/mol. The number of carbonyl (C=O) groups is 3. The molecule has 3 aromatic rings. The number of rotatable bonds is 6. The molecule has 1 heterocycles. The van der Waals surface area contributed by atoms with E-state index in [-0.39, 0.29) is 11.3 Å². The number of nitrogens with one attached hydrogen (secondary N) is 1. The first-order chi connectivity index (χ1) is 15.5. The number of benzene rings is 3. The molecule has 1 aliphatic rings. The summed E-state index contributed by atoms with van der Waals surface area (Å²) in [4.78, 5) is 37.3. The van der Waals surface area contributed by atoms with Crippen LogP contribution in [0.4, 0.5) is 5.69 Å². The van der Waals surface area contributed by atoms with Crippen LogP contribution in [0.3, 0.4) is 0 Å². The van der Waals surface area contributed by atoms with Crippen molar-refractivity contribution in [3.63, 3.8) is 0 Å². The third-order valence-corrected chi connectivity index (χ3v) is 4.88. The van der Waals surface area contributed by atoms with E-state index in [2.05, 4.69) is 5.32 Å². The van der Waals surface area contributed by atoms with Crippen molar-refractivity contribution in [2.45, 2.75) is 13.0 Å². The average Bonchev–Trinajstić information content (AvgIpc) is 2.84. The fourth-order valence-corrected chi connectivity index (χ4v) is 3.16. The van der Waals surface area contributed by atoms with Gasteiger partial charge in [-0.1, -0.05) is 42.5 Å². The zero-order valence-corrected chi connectivity index (χ0v) is 17.4. The molecule has 0 bridgehead atoms. The zero-order valence-electron chi connectivity index (χ0n) is 17.4. The van der Waals surface area contributed by atoms with Gasteiger partial charge in [-0.2, -0.15) is 0 Å². The highest BCUT2D eigenvalue weighted by molar-refractivity contribution is 6.09. The van der Waals surface area contributed by atoms with Gasteiger partial charge in [-0.3, -0.25) is 9.59 Å². The lowest BCUT2D eigenvalue weighted by molar-refractivity contribution is -0.123. The summed E-state index contributed by atoms with van der Waals surface area (Å²) in [6.45, 7) is 2.40. The third-order valence-electron chi connectivity index (χ3n) is 4.88. The Morgan fingerprint density at radius 3 is 2.16 bits per heavy atom. The van der Waals surface area contributed by atoms with Gasteiger partial charge in [-0.05, 0) is 31.2 Å². The Kier molecular flexibility index (Phi) is 6.17. The molecular formula is C25H21NO6. The maximum absolute atomic E-state index is 12.5. The fraction of sp³-hybridized carbons (Fsp3) is 0.160. The molecule has 7 heteroatoms. The second-order valence-corrected chi connectivity index (χ2v) is 7.17. The Labute approximate surface area is 184 Å². The van der Waals surface area contributed by atoms with Gasteiger partial charge in [0.25, 0.3) is 5.91 Å². The molecule has 0 aromatic heterocycles. The lowest BCUT2D eigenvalue weighted by Gasteiger charge is -2.19. The summed E-state index contributed by atoms with van der Waals surface area (Å²) in [5, 5.41) is 2.69. The molecule has 1 N–H and O–H groups in total. The Hall–Kier alpha value is -4.13. The van der Waals surface area contributed by atoms with E-state index in [0.29, 0.717) is 41.5 Å². The fourth-order valence-electron chi connectivity index (χ4n) is 3.16. The molecule has 3 aromatic carbocycles. The number of fused-ring (bicyclic) bond motifs is 1. The second kappa shape index (κ2) is 9.34. The first-order valence-electron chi connectivity index (χ1n) is 10.1. The Morgan fingerprint density at radius 1 is 0.812 bits per heavy atom. The van der Waals surface area contributed by atoms with Crippen LogP contribution in [0, 0.1) is 0 Å². The lowest BCUT2D eigenvalue weighted by Crippen LogP contribution is -2.30. The highest BCUT2D eigenvalue weighted by Crippen LogP contribution is 2.32. The van der Waals surface area contributed by atoms with Gasteiger partial charge in [0.15, 0.2) is 23.4 Å². The molecule has 0 spiro atoms. The monoisotopic (exact) mass is 431 g/mol. The number of esters is 1. The smallest absolute Gasteiger partial charge is 0.338 e. The minimum atomic E-state index is -1.03. The summed E-state index contributed by atoms with van der Waals surface area (Å²) in [6.07, 6.45) is -1.03. The summed E-state index contributed by atoms with van der Waals surface area (Å²) in [5.41, 5.74) is 1.77. The minimum Gasteiger partial charge on any atom is -0.486 e. The maximum atomic E-state index is 12.5. The standard InChI is InChI=1S/C25H21NO6/c1-16(24(28)26-20-11-12-21-22(15-20)31-14-13-30-21)32-25(29)19-9-7-18(8-10-19)23(27)17-5-3-2-4-6-17/h2-12,15-16H,13-14H2,1H3,(H,26,28)/t16-/m0/s1. The third kappa shape index (κ3) is 4.78. The Morgan fingerprint density at radius 2 is 1.44 bits per heavy atom. The Balaban J connectivity index is 1.35. The molecule has 1 aliphatic heterocycles. The number of ketones is 1. The van der Waals surface area contributed by atoms with Crippen LogP contribution in [0.5, 0.6) is 11.5 Å². The predicted octanol–water partition coefficient (Wildman–Crippen LogP) is 3.87. The number of hydrogen-bond acceptors (Lipinski definition) is 6. The predicted molar refractivity (Wildman–Crippen MR) is 117 cm³/mol. The summed E-state index contributed by atoms with van der Waals surface area (Å²) in [7, 11) is 0. The Bertz CT molecular complexity index is 1140. The molecule has 162 valence electrons. The van der Waals surface area contributed by atoms with Gasteiger partial charge in [0.1, 0.15) is 13.2 Å². The maximum Gasteiger partial charge on any atom is 0.338 e. The number of hydrogen-bond donors (Lipinski definition) is 1. The minimum absolute atomic E-state index is 0.141. The molecule has 1 atom stereocenters. The molecule has 0 fully saturated rings. The number of amides is 1. The summed E-state index contributed by atoms with van der Waals surface area (Å²) in [6, 6.07) is 20.0. The van der Waals surface area contributed by atoms with Crippen LogP contribution in [0.1, 0.15) is 33.2 Å². The van der Waals surface area contributed by atoms with E-state index in [4.69, 9.17) is 14.2 Å². The van der Waals surface area contributed by atoms with E-state index < -0.39 is 18.0 Å². The SMILES string of the molecule is C[C@H](OC(=O)c1ccc(C(=O)c2ccccc2)cc1)C(=O)Nc1ccc2c(c1)OCCO2. The van der Waals surface area contributed by atoms with Gasteiger partial charge in [-0.15, -0.1) is 0 Å². The largest absolute Gasteiger partial charge is 0.486 e. The molecule has 7 nitrogen and oxygen atoms in total. The first kappa shape index (κ1) is 21.1. The summed E-state index contributed by atoms with van der Waals surface area (Å²) in [5.74, 6) is -0.121. The van der Waals surface area contributed by atoms with Gasteiger partial charge in [0, 0.05) is 22.9 Å². The van der Waals surface area contributed by atoms with Gasteiger partial charge in [0.2, 0.25) is 0 Å². The molecule has 32 heavy (non-hydrogen) atoms. The van der Waals surface area contributed by atoms with E-state index in [1.54, 1.807) is 54.6 Å². The van der Waals surface area contributed by atoms with Gasteiger partial charge in [-0.25, -0.2) is 4.79 Å². The molecule has 0 aliphatic carbocycles. The van der Waals surface area contributed by atoms with Gasteiger partial charge in [0.05, 0.1) is 5.56 Å². The van der Waals surface area contributed by atoms with Gasteiger partial charge >= 0.3 is 5.97 Å². The summed E-state index contributed by atoms with van der Waals surface area (Å²) < 4.78 is 16.2. The number of anilines is 1. The molecule has 0 unspecified atom stereocenters. The first-order valence-corrected chi connectivity index (χ1v) is 10.1. The molecule has 0 radical (unpaired) electrons. The number of ether oxygens (including phenoxy) is 3. The van der Waals surface area contributed by atoms with Crippen molar-refractivity contribution < 1.29 is 28.6 Å². The second-order valence-electron chi connectivity index (χ2n) is 7.17. The van der Waals surface area contributed by atoms with Crippen molar-refractivity contribution in [2.24, 2.45) is 0 Å². The topological polar surface area (TPSA) is 90.9 Å². The van der Waals surface area contributed by atoms with E-state index in [1.165, 1.54) is 19.1 Å². The summed E-state index contributed by atoms with van der Waals surface area (Å²) >= 11 is 0. The molecule has 0 saturated carbocycles. The van der Waals surface area contributed by atoms with E-state index >= 15 is 0 Å². The average molecular weight is 431 g/mol. The van der Waals surface area contributed by atoms with Crippen LogP contribution in [0.25, 0.3) is 0 Å². The van der Waals surface area contributed by atoms with Crippen LogP contribution in [0.15, 0.2) is 72.8 Å². The van der Waals surface area contributed by atoms with E-state index in [9.17, 15) is 14.4 Å². The van der Waals surface area contributed by atoms with Crippen LogP contribution in [-0.4, -0.2) is 37.0 Å². The molecule has 1 amide bonds. The van der Waals surface area contributed by atoms with Crippen molar-refractivity contribution in [3.05, 3.63) is 89.5 Å². The van der Waals surface area contributed by atoms with E-state index in [1.807, 2.05) is 6.07 Å². The number of carbonyl (C=O) groups excluding carboxylic acids is 3. The van der Waals surface area contributed by atoms with Crippen molar-refractivity contribution in [1.29, 1.82) is 0 Å². The van der Waals surface area contributed by atoms with Crippen molar-refractivity contribution in [3.8, 4) is 11.5 Å². The highest BCUT2D eigenvalue weighted by Gasteiger charge is 2.20.